The van der Waals surface area contributed by atoms with Crippen molar-refractivity contribution >= 4 is 18.3 Å². The molecule has 2 aliphatic rings. The van der Waals surface area contributed by atoms with Crippen molar-refractivity contribution in [2.75, 3.05) is 0 Å². The van der Waals surface area contributed by atoms with Gasteiger partial charge in [-0.15, -0.1) is 12.4 Å². The number of benzene rings is 1. The van der Waals surface area contributed by atoms with Gasteiger partial charge in [-0.1, -0.05) is 26.0 Å². The molecule has 0 radical (unpaired) electrons. The van der Waals surface area contributed by atoms with Gasteiger partial charge in [0, 0.05) is 24.5 Å². The van der Waals surface area contributed by atoms with Gasteiger partial charge in [0.25, 0.3) is 0 Å². The van der Waals surface area contributed by atoms with E-state index in [1.807, 2.05) is 0 Å². The minimum absolute atomic E-state index is 0. The largest absolute Gasteiger partial charge is 0.353 e. The molecule has 1 amide bonds. The Bertz CT molecular complexity index is 551. The van der Waals surface area contributed by atoms with Crippen LogP contribution in [0.3, 0.4) is 0 Å². The van der Waals surface area contributed by atoms with Crippen LogP contribution < -0.4 is 10.6 Å². The molecule has 2 heterocycles. The van der Waals surface area contributed by atoms with Crippen molar-refractivity contribution in [3.8, 4) is 0 Å². The Labute approximate surface area is 156 Å². The van der Waals surface area contributed by atoms with Crippen molar-refractivity contribution < 1.29 is 9.18 Å². The zero-order valence-electron chi connectivity index (χ0n) is 15.1. The average Bonchev–Trinajstić information content (AvgIpc) is 2.87. The van der Waals surface area contributed by atoms with Crippen molar-refractivity contribution in [3.63, 3.8) is 0 Å². The molecule has 1 aromatic rings. The molecule has 0 aromatic heterocycles. The predicted octanol–water partition coefficient (Wildman–Crippen LogP) is 3.85. The summed E-state index contributed by atoms with van der Waals surface area (Å²) in [5.74, 6) is 0.817. The monoisotopic (exact) mass is 368 g/mol. The SMILES string of the molecule is CC(C)C(Cc1ccc(F)cc1)NC(=O)CC1CC2CCC(C1)N2.Cl. The van der Waals surface area contributed by atoms with Crippen LogP contribution in [0.2, 0.25) is 0 Å². The summed E-state index contributed by atoms with van der Waals surface area (Å²) in [5, 5.41) is 6.85. The number of nitrogens with one attached hydrogen (secondary N) is 2. The second-order valence-corrected chi connectivity index (χ2v) is 7.93. The molecule has 25 heavy (non-hydrogen) atoms. The standard InChI is InChI=1S/C20H29FN2O.ClH/c1-13(2)19(11-14-3-5-16(21)6-4-14)23-20(24)12-15-9-17-7-8-18(10-15)22-17;/h3-6,13,15,17-19,22H,7-12H2,1-2H3,(H,23,24);1H. The molecular weight excluding hydrogens is 339 g/mol. The van der Waals surface area contributed by atoms with E-state index in [0.29, 0.717) is 30.3 Å². The fourth-order valence-corrected chi connectivity index (χ4v) is 4.20. The lowest BCUT2D eigenvalue weighted by molar-refractivity contribution is -0.123. The van der Waals surface area contributed by atoms with Crippen LogP contribution in [0.5, 0.6) is 0 Å². The Morgan fingerprint density at radius 3 is 2.36 bits per heavy atom. The predicted molar refractivity (Wildman–Crippen MR) is 101 cm³/mol. The van der Waals surface area contributed by atoms with Gasteiger partial charge < -0.3 is 10.6 Å². The third-order valence-electron chi connectivity index (χ3n) is 5.56. The fraction of sp³-hybridized carbons (Fsp3) is 0.650. The van der Waals surface area contributed by atoms with E-state index in [1.165, 1.54) is 25.0 Å². The van der Waals surface area contributed by atoms with Crippen LogP contribution in [0.1, 0.15) is 51.5 Å². The lowest BCUT2D eigenvalue weighted by Crippen LogP contribution is -2.43. The van der Waals surface area contributed by atoms with Crippen molar-refractivity contribution in [1.82, 2.24) is 10.6 Å². The first kappa shape index (κ1) is 20.2. The molecule has 3 unspecified atom stereocenters. The van der Waals surface area contributed by atoms with Gasteiger partial charge in [-0.25, -0.2) is 4.39 Å². The maximum Gasteiger partial charge on any atom is 0.220 e. The molecule has 2 N–H and O–H groups in total. The second kappa shape index (κ2) is 9.00. The highest BCUT2D eigenvalue weighted by atomic mass is 35.5. The highest BCUT2D eigenvalue weighted by molar-refractivity contribution is 5.85. The quantitative estimate of drug-likeness (QED) is 0.800. The number of carbonyl (C=O) groups is 1. The minimum atomic E-state index is -0.218. The molecule has 0 spiro atoms. The van der Waals surface area contributed by atoms with Crippen LogP contribution in [-0.4, -0.2) is 24.0 Å². The molecular formula is C20H30ClFN2O. The van der Waals surface area contributed by atoms with E-state index in [9.17, 15) is 9.18 Å². The lowest BCUT2D eigenvalue weighted by Gasteiger charge is -2.30. The van der Waals surface area contributed by atoms with Crippen LogP contribution >= 0.6 is 12.4 Å². The Hall–Kier alpha value is -1.13. The number of hydrogen-bond acceptors (Lipinski definition) is 2. The molecule has 2 bridgehead atoms. The number of piperidine rings is 1. The van der Waals surface area contributed by atoms with Crippen LogP contribution in [-0.2, 0) is 11.2 Å². The lowest BCUT2D eigenvalue weighted by atomic mass is 9.89. The van der Waals surface area contributed by atoms with Crippen LogP contribution in [0, 0.1) is 17.7 Å². The number of rotatable bonds is 6. The van der Waals surface area contributed by atoms with Crippen molar-refractivity contribution in [2.45, 2.75) is 70.5 Å². The number of hydrogen-bond donors (Lipinski definition) is 2. The van der Waals surface area contributed by atoms with E-state index < -0.39 is 0 Å². The average molecular weight is 369 g/mol. The van der Waals surface area contributed by atoms with Gasteiger partial charge in [0.05, 0.1) is 0 Å². The second-order valence-electron chi connectivity index (χ2n) is 7.93. The first-order valence-corrected chi connectivity index (χ1v) is 9.29. The molecule has 3 atom stereocenters. The highest BCUT2D eigenvalue weighted by Crippen LogP contribution is 2.32. The summed E-state index contributed by atoms with van der Waals surface area (Å²) in [6.45, 7) is 4.25. The number of carbonyl (C=O) groups excluding carboxylic acids is 1. The smallest absolute Gasteiger partial charge is 0.220 e. The maximum absolute atomic E-state index is 13.0. The molecule has 3 rings (SSSR count). The Balaban J connectivity index is 0.00000225. The molecule has 1 aromatic carbocycles. The van der Waals surface area contributed by atoms with Crippen molar-refractivity contribution in [2.24, 2.45) is 11.8 Å². The molecule has 2 aliphatic heterocycles. The molecule has 0 saturated carbocycles. The van der Waals surface area contributed by atoms with Crippen molar-refractivity contribution in [3.05, 3.63) is 35.6 Å². The van der Waals surface area contributed by atoms with Gasteiger partial charge in [-0.3, -0.25) is 4.79 Å². The number of halogens is 2. The summed E-state index contributed by atoms with van der Waals surface area (Å²) in [6, 6.07) is 7.94. The number of fused-ring (bicyclic) bond motifs is 2. The van der Waals surface area contributed by atoms with Crippen LogP contribution in [0.15, 0.2) is 24.3 Å². The van der Waals surface area contributed by atoms with Gasteiger partial charge in [-0.05, 0) is 61.6 Å². The molecule has 0 aliphatic carbocycles. The van der Waals surface area contributed by atoms with E-state index in [0.717, 1.165) is 24.8 Å². The number of amides is 1. The molecule has 2 saturated heterocycles. The normalized spacial score (nSPS) is 26.2. The Morgan fingerprint density at radius 1 is 1.20 bits per heavy atom. The van der Waals surface area contributed by atoms with E-state index in [1.54, 1.807) is 12.1 Å². The van der Waals surface area contributed by atoms with Gasteiger partial charge in [0.15, 0.2) is 0 Å². The molecule has 2 fully saturated rings. The third kappa shape index (κ3) is 5.68. The van der Waals surface area contributed by atoms with E-state index in [2.05, 4.69) is 24.5 Å². The summed E-state index contributed by atoms with van der Waals surface area (Å²) in [6.07, 6.45) is 6.19. The van der Waals surface area contributed by atoms with Gasteiger partial charge in [0.1, 0.15) is 5.82 Å². The van der Waals surface area contributed by atoms with Gasteiger partial charge in [0.2, 0.25) is 5.91 Å². The summed E-state index contributed by atoms with van der Waals surface area (Å²) >= 11 is 0. The van der Waals surface area contributed by atoms with E-state index >= 15 is 0 Å². The molecule has 3 nitrogen and oxygen atoms in total. The maximum atomic E-state index is 13.0. The first-order valence-electron chi connectivity index (χ1n) is 9.29. The van der Waals surface area contributed by atoms with Crippen LogP contribution in [0.4, 0.5) is 4.39 Å². The van der Waals surface area contributed by atoms with Gasteiger partial charge >= 0.3 is 0 Å². The van der Waals surface area contributed by atoms with Gasteiger partial charge in [-0.2, -0.15) is 0 Å². The summed E-state index contributed by atoms with van der Waals surface area (Å²) < 4.78 is 13.0. The minimum Gasteiger partial charge on any atom is -0.353 e. The molecule has 5 heteroatoms. The Kier molecular flexibility index (Phi) is 7.26. The topological polar surface area (TPSA) is 41.1 Å². The Morgan fingerprint density at radius 2 is 1.80 bits per heavy atom. The highest BCUT2D eigenvalue weighted by Gasteiger charge is 2.34. The molecule has 140 valence electrons. The first-order chi connectivity index (χ1) is 11.5. The van der Waals surface area contributed by atoms with E-state index in [-0.39, 0.29) is 30.2 Å². The summed E-state index contributed by atoms with van der Waals surface area (Å²) in [5.41, 5.74) is 1.07. The third-order valence-corrected chi connectivity index (χ3v) is 5.56. The van der Waals surface area contributed by atoms with E-state index in [4.69, 9.17) is 0 Å². The zero-order valence-corrected chi connectivity index (χ0v) is 15.9. The van der Waals surface area contributed by atoms with Crippen LogP contribution in [0.25, 0.3) is 0 Å². The zero-order chi connectivity index (χ0) is 17.1. The van der Waals surface area contributed by atoms with Crippen molar-refractivity contribution in [1.29, 1.82) is 0 Å². The summed E-state index contributed by atoms with van der Waals surface area (Å²) in [4.78, 5) is 12.5. The fourth-order valence-electron chi connectivity index (χ4n) is 4.20. The summed E-state index contributed by atoms with van der Waals surface area (Å²) in [7, 11) is 0.